The van der Waals surface area contributed by atoms with E-state index in [9.17, 15) is 0 Å². The second kappa shape index (κ2) is 6.66. The lowest BCUT2D eigenvalue weighted by Crippen LogP contribution is -2.55. The van der Waals surface area contributed by atoms with Gasteiger partial charge in [-0.15, -0.1) is 12.4 Å². The van der Waals surface area contributed by atoms with Gasteiger partial charge in [0.1, 0.15) is 0 Å². The Morgan fingerprint density at radius 1 is 1.37 bits per heavy atom. The molecule has 1 aromatic heterocycles. The summed E-state index contributed by atoms with van der Waals surface area (Å²) in [4.78, 5) is 6.69. The minimum absolute atomic E-state index is 0. The summed E-state index contributed by atoms with van der Waals surface area (Å²) in [6, 6.07) is 4.16. The summed E-state index contributed by atoms with van der Waals surface area (Å²) in [5, 5.41) is 3.41. The maximum atomic E-state index is 6.08. The van der Waals surface area contributed by atoms with Crippen LogP contribution in [0.3, 0.4) is 0 Å². The molecule has 1 spiro atoms. The molecule has 2 aliphatic heterocycles. The van der Waals surface area contributed by atoms with Crippen molar-refractivity contribution in [3.05, 3.63) is 30.1 Å². The lowest BCUT2D eigenvalue weighted by Gasteiger charge is -2.45. The van der Waals surface area contributed by atoms with Crippen LogP contribution in [0.4, 0.5) is 0 Å². The zero-order valence-electron chi connectivity index (χ0n) is 11.2. The van der Waals surface area contributed by atoms with E-state index in [-0.39, 0.29) is 18.0 Å². The Morgan fingerprint density at radius 3 is 2.95 bits per heavy atom. The van der Waals surface area contributed by atoms with Crippen LogP contribution >= 0.6 is 12.4 Å². The number of hydrogen-bond acceptors (Lipinski definition) is 4. The predicted octanol–water partition coefficient (Wildman–Crippen LogP) is 1.46. The molecule has 2 aliphatic rings. The third-order valence-corrected chi connectivity index (χ3v) is 3.97. The number of pyridine rings is 1. The van der Waals surface area contributed by atoms with Crippen LogP contribution in [0.1, 0.15) is 18.4 Å². The van der Waals surface area contributed by atoms with Gasteiger partial charge >= 0.3 is 0 Å². The number of ether oxygens (including phenoxy) is 1. The summed E-state index contributed by atoms with van der Waals surface area (Å²) in [7, 11) is 0. The number of morpholine rings is 1. The lowest BCUT2D eigenvalue weighted by atomic mass is 9.90. The molecule has 106 valence electrons. The van der Waals surface area contributed by atoms with Crippen molar-refractivity contribution in [1.82, 2.24) is 15.2 Å². The number of hydrogen-bond donors (Lipinski definition) is 1. The van der Waals surface area contributed by atoms with Gasteiger partial charge < -0.3 is 10.1 Å². The topological polar surface area (TPSA) is 37.4 Å². The molecule has 0 bridgehead atoms. The normalized spacial score (nSPS) is 22.9. The Balaban J connectivity index is 0.00000133. The minimum atomic E-state index is 0. The highest BCUT2D eigenvalue weighted by molar-refractivity contribution is 5.85. The summed E-state index contributed by atoms with van der Waals surface area (Å²) in [6.07, 6.45) is 6.06. The van der Waals surface area contributed by atoms with Gasteiger partial charge in [-0.2, -0.15) is 0 Å². The summed E-state index contributed by atoms with van der Waals surface area (Å²) < 4.78 is 6.08. The molecule has 3 heterocycles. The second-order valence-electron chi connectivity index (χ2n) is 5.35. The average molecular weight is 284 g/mol. The SMILES string of the molecule is Cl.c1cncc(CN2CCOC3(CCNCC3)C2)c1. The first-order valence-electron chi connectivity index (χ1n) is 6.82. The Kier molecular flexibility index (Phi) is 5.16. The fraction of sp³-hybridized carbons (Fsp3) is 0.643. The molecule has 2 saturated heterocycles. The molecule has 0 amide bonds. The number of rotatable bonds is 2. The molecule has 1 aromatic rings. The van der Waals surface area contributed by atoms with Crippen LogP contribution in [-0.2, 0) is 11.3 Å². The van der Waals surface area contributed by atoms with Gasteiger partial charge in [0.05, 0.1) is 12.2 Å². The second-order valence-corrected chi connectivity index (χ2v) is 5.35. The van der Waals surface area contributed by atoms with Crippen molar-refractivity contribution >= 4 is 12.4 Å². The molecule has 0 aliphatic carbocycles. The van der Waals surface area contributed by atoms with Crippen LogP contribution in [0.5, 0.6) is 0 Å². The quantitative estimate of drug-likeness (QED) is 0.892. The van der Waals surface area contributed by atoms with E-state index in [1.54, 1.807) is 0 Å². The van der Waals surface area contributed by atoms with Gasteiger partial charge in [0.25, 0.3) is 0 Å². The average Bonchev–Trinajstić information content (AvgIpc) is 2.41. The summed E-state index contributed by atoms with van der Waals surface area (Å²) in [6.45, 7) is 6.11. The molecule has 5 heteroatoms. The van der Waals surface area contributed by atoms with E-state index in [2.05, 4.69) is 21.3 Å². The van der Waals surface area contributed by atoms with Crippen LogP contribution in [0.2, 0.25) is 0 Å². The zero-order chi connectivity index (χ0) is 12.3. The van der Waals surface area contributed by atoms with Gasteiger partial charge in [-0.1, -0.05) is 6.07 Å². The van der Waals surface area contributed by atoms with Gasteiger partial charge in [0, 0.05) is 32.0 Å². The number of aromatic nitrogens is 1. The number of nitrogens with zero attached hydrogens (tertiary/aromatic N) is 2. The van der Waals surface area contributed by atoms with Crippen molar-refractivity contribution in [2.24, 2.45) is 0 Å². The van der Waals surface area contributed by atoms with Crippen molar-refractivity contribution in [2.75, 3.05) is 32.8 Å². The first-order valence-corrected chi connectivity index (χ1v) is 6.82. The summed E-state index contributed by atoms with van der Waals surface area (Å²) in [5.41, 5.74) is 1.40. The molecule has 0 radical (unpaired) electrons. The standard InChI is InChI=1S/C14H21N3O.ClH/c1-2-13(10-16-5-1)11-17-8-9-18-14(12-17)3-6-15-7-4-14;/h1-2,5,10,15H,3-4,6-9,11-12H2;1H. The molecule has 0 aromatic carbocycles. The maximum absolute atomic E-state index is 6.08. The molecule has 4 nitrogen and oxygen atoms in total. The van der Waals surface area contributed by atoms with Crippen LogP contribution in [0, 0.1) is 0 Å². The van der Waals surface area contributed by atoms with Gasteiger partial charge in [-0.3, -0.25) is 9.88 Å². The Bertz CT molecular complexity index is 376. The Labute approximate surface area is 121 Å². The van der Waals surface area contributed by atoms with Crippen LogP contribution < -0.4 is 5.32 Å². The zero-order valence-corrected chi connectivity index (χ0v) is 12.0. The smallest absolute Gasteiger partial charge is 0.0833 e. The molecular weight excluding hydrogens is 262 g/mol. The van der Waals surface area contributed by atoms with Gasteiger partial charge in [-0.05, 0) is 37.6 Å². The highest BCUT2D eigenvalue weighted by Crippen LogP contribution is 2.28. The molecule has 0 unspecified atom stereocenters. The molecule has 2 fully saturated rings. The van der Waals surface area contributed by atoms with E-state index in [4.69, 9.17) is 4.74 Å². The molecule has 0 atom stereocenters. The molecule has 0 saturated carbocycles. The Morgan fingerprint density at radius 2 is 2.21 bits per heavy atom. The third kappa shape index (κ3) is 3.66. The van der Waals surface area contributed by atoms with Crippen LogP contribution in [0.25, 0.3) is 0 Å². The number of halogens is 1. The van der Waals surface area contributed by atoms with E-state index in [0.717, 1.165) is 52.2 Å². The fourth-order valence-electron chi connectivity index (χ4n) is 2.99. The van der Waals surface area contributed by atoms with Crippen molar-refractivity contribution in [3.63, 3.8) is 0 Å². The molecule has 19 heavy (non-hydrogen) atoms. The van der Waals surface area contributed by atoms with Crippen LogP contribution in [0.15, 0.2) is 24.5 Å². The predicted molar refractivity (Wildman–Crippen MR) is 77.5 cm³/mol. The highest BCUT2D eigenvalue weighted by Gasteiger charge is 2.37. The van der Waals surface area contributed by atoms with Gasteiger partial charge in [0.2, 0.25) is 0 Å². The molecule has 1 N–H and O–H groups in total. The minimum Gasteiger partial charge on any atom is -0.372 e. The lowest BCUT2D eigenvalue weighted by molar-refractivity contribution is -0.125. The Hall–Kier alpha value is -0.680. The first kappa shape index (κ1) is 14.7. The summed E-state index contributed by atoms with van der Waals surface area (Å²) >= 11 is 0. The van der Waals surface area contributed by atoms with E-state index in [1.807, 2.05) is 18.5 Å². The number of piperidine rings is 1. The van der Waals surface area contributed by atoms with Gasteiger partial charge in [0.15, 0.2) is 0 Å². The largest absolute Gasteiger partial charge is 0.372 e. The monoisotopic (exact) mass is 283 g/mol. The molecular formula is C14H22ClN3O. The van der Waals surface area contributed by atoms with E-state index in [0.29, 0.717) is 0 Å². The highest BCUT2D eigenvalue weighted by atomic mass is 35.5. The van der Waals surface area contributed by atoms with Gasteiger partial charge in [-0.25, -0.2) is 0 Å². The first-order chi connectivity index (χ1) is 8.86. The van der Waals surface area contributed by atoms with E-state index in [1.165, 1.54) is 5.56 Å². The van der Waals surface area contributed by atoms with Crippen molar-refractivity contribution < 1.29 is 4.74 Å². The van der Waals surface area contributed by atoms with E-state index >= 15 is 0 Å². The maximum Gasteiger partial charge on any atom is 0.0833 e. The third-order valence-electron chi connectivity index (χ3n) is 3.97. The van der Waals surface area contributed by atoms with Crippen molar-refractivity contribution in [2.45, 2.75) is 25.0 Å². The van der Waals surface area contributed by atoms with Crippen LogP contribution in [-0.4, -0.2) is 48.3 Å². The van der Waals surface area contributed by atoms with E-state index < -0.39 is 0 Å². The number of nitrogens with one attached hydrogen (secondary N) is 1. The van der Waals surface area contributed by atoms with Crippen molar-refractivity contribution in [3.8, 4) is 0 Å². The van der Waals surface area contributed by atoms with Crippen molar-refractivity contribution in [1.29, 1.82) is 0 Å². The molecule has 3 rings (SSSR count). The summed E-state index contributed by atoms with van der Waals surface area (Å²) in [5.74, 6) is 0. The fourth-order valence-corrected chi connectivity index (χ4v) is 2.99.